The maximum Gasteiger partial charge on any atom is 0.251 e. The molecule has 0 radical (unpaired) electrons. The maximum atomic E-state index is 13.2. The summed E-state index contributed by atoms with van der Waals surface area (Å²) in [4.78, 5) is 21.6. The van der Waals surface area contributed by atoms with Crippen LogP contribution in [-0.2, 0) is 4.74 Å². The van der Waals surface area contributed by atoms with Crippen molar-refractivity contribution in [3.63, 3.8) is 0 Å². The van der Waals surface area contributed by atoms with Crippen molar-refractivity contribution < 1.29 is 9.53 Å². The van der Waals surface area contributed by atoms with E-state index in [0.29, 0.717) is 22.8 Å². The molecule has 0 spiro atoms. The fourth-order valence-corrected chi connectivity index (χ4v) is 3.40. The summed E-state index contributed by atoms with van der Waals surface area (Å²) in [5.41, 5.74) is 4.82. The van der Waals surface area contributed by atoms with Gasteiger partial charge in [-0.2, -0.15) is 4.68 Å². The highest BCUT2D eigenvalue weighted by atomic mass is 16.5. The second-order valence-electron chi connectivity index (χ2n) is 7.79. The first-order chi connectivity index (χ1) is 16.0. The van der Waals surface area contributed by atoms with Crippen LogP contribution in [0.3, 0.4) is 0 Å². The molecular weight excluding hydrogens is 418 g/mol. The Hall–Kier alpha value is -3.98. The van der Waals surface area contributed by atoms with Gasteiger partial charge in [0.1, 0.15) is 6.10 Å². The molecule has 9 heteroatoms. The van der Waals surface area contributed by atoms with Crippen molar-refractivity contribution >= 4 is 5.91 Å². The molecule has 33 heavy (non-hydrogen) atoms. The number of benzene rings is 2. The lowest BCUT2D eigenvalue weighted by atomic mass is 10.0. The molecule has 2 unspecified atom stereocenters. The molecule has 0 aliphatic rings. The van der Waals surface area contributed by atoms with E-state index in [4.69, 9.17) is 4.74 Å². The number of ether oxygens (including phenoxy) is 1. The molecule has 4 aromatic rings. The Morgan fingerprint density at radius 1 is 1.06 bits per heavy atom. The van der Waals surface area contributed by atoms with E-state index in [1.54, 1.807) is 36.4 Å². The predicted octanol–water partition coefficient (Wildman–Crippen LogP) is 3.63. The zero-order chi connectivity index (χ0) is 23.4. The van der Waals surface area contributed by atoms with Gasteiger partial charge < -0.3 is 10.1 Å². The van der Waals surface area contributed by atoms with Gasteiger partial charge in [0.2, 0.25) is 0 Å². The fourth-order valence-electron chi connectivity index (χ4n) is 3.40. The Bertz CT molecular complexity index is 1240. The number of rotatable bonds is 7. The summed E-state index contributed by atoms with van der Waals surface area (Å²) in [5, 5.41) is 15.0. The molecule has 2 atom stereocenters. The van der Waals surface area contributed by atoms with E-state index in [9.17, 15) is 4.79 Å². The third-order valence-electron chi connectivity index (χ3n) is 5.39. The standard InChI is InChI=1S/C24H25N7O2/c1-15-5-7-18(8-6-15)19-11-20(24(32)27-16(2)22-14-25-9-10-26-22)13-21(12-19)31-23(17(3)33-4)28-29-30-31/h5-14,16-17H,1-4H3,(H,27,32). The van der Waals surface area contributed by atoms with E-state index < -0.39 is 0 Å². The minimum atomic E-state index is -0.322. The number of tetrazole rings is 1. The average Bonchev–Trinajstić information content (AvgIpc) is 3.34. The van der Waals surface area contributed by atoms with Crippen LogP contribution in [0.25, 0.3) is 16.8 Å². The van der Waals surface area contributed by atoms with E-state index >= 15 is 0 Å². The van der Waals surface area contributed by atoms with Crippen molar-refractivity contribution in [2.45, 2.75) is 32.9 Å². The molecular formula is C24H25N7O2. The predicted molar refractivity (Wildman–Crippen MR) is 123 cm³/mol. The van der Waals surface area contributed by atoms with Crippen LogP contribution in [0, 0.1) is 6.92 Å². The molecule has 2 aromatic heterocycles. The molecule has 0 saturated heterocycles. The lowest BCUT2D eigenvalue weighted by Crippen LogP contribution is -2.27. The number of methoxy groups -OCH3 is 1. The highest BCUT2D eigenvalue weighted by Crippen LogP contribution is 2.26. The zero-order valence-electron chi connectivity index (χ0n) is 18.9. The maximum absolute atomic E-state index is 13.2. The molecule has 0 fully saturated rings. The van der Waals surface area contributed by atoms with E-state index in [-0.39, 0.29) is 18.1 Å². The van der Waals surface area contributed by atoms with E-state index in [0.717, 1.165) is 16.7 Å². The molecule has 0 aliphatic heterocycles. The van der Waals surface area contributed by atoms with Gasteiger partial charge >= 0.3 is 0 Å². The lowest BCUT2D eigenvalue weighted by molar-refractivity contribution is 0.0939. The Labute approximate surface area is 191 Å². The number of nitrogens with one attached hydrogen (secondary N) is 1. The quantitative estimate of drug-likeness (QED) is 0.465. The van der Waals surface area contributed by atoms with Gasteiger partial charge in [-0.25, -0.2) is 0 Å². The highest BCUT2D eigenvalue weighted by Gasteiger charge is 2.19. The van der Waals surface area contributed by atoms with Gasteiger partial charge in [0, 0.05) is 25.1 Å². The SMILES string of the molecule is COC(C)c1nnnn1-c1cc(C(=O)NC(C)c2cnccn2)cc(-c2ccc(C)cc2)c1. The van der Waals surface area contributed by atoms with Crippen LogP contribution >= 0.6 is 0 Å². The normalized spacial score (nSPS) is 12.8. The summed E-state index contributed by atoms with van der Waals surface area (Å²) < 4.78 is 7.00. The average molecular weight is 444 g/mol. The summed E-state index contributed by atoms with van der Waals surface area (Å²) in [6.07, 6.45) is 4.51. The number of amides is 1. The lowest BCUT2D eigenvalue weighted by Gasteiger charge is -2.16. The number of hydrogen-bond donors (Lipinski definition) is 1. The van der Waals surface area contributed by atoms with Crippen LogP contribution in [0.15, 0.2) is 61.1 Å². The van der Waals surface area contributed by atoms with Crippen molar-refractivity contribution in [3.8, 4) is 16.8 Å². The summed E-state index contributed by atoms with van der Waals surface area (Å²) >= 11 is 0. The second-order valence-corrected chi connectivity index (χ2v) is 7.79. The molecule has 2 heterocycles. The monoisotopic (exact) mass is 443 g/mol. The Morgan fingerprint density at radius 2 is 1.85 bits per heavy atom. The first-order valence-corrected chi connectivity index (χ1v) is 10.6. The van der Waals surface area contributed by atoms with Crippen molar-refractivity contribution in [3.05, 3.63) is 83.7 Å². The van der Waals surface area contributed by atoms with E-state index in [2.05, 4.69) is 30.8 Å². The van der Waals surface area contributed by atoms with Crippen molar-refractivity contribution in [1.82, 2.24) is 35.5 Å². The topological polar surface area (TPSA) is 108 Å². The molecule has 0 bridgehead atoms. The van der Waals surface area contributed by atoms with Crippen LogP contribution in [-0.4, -0.2) is 43.2 Å². The molecule has 2 aromatic carbocycles. The summed E-state index contributed by atoms with van der Waals surface area (Å²) in [5.74, 6) is 0.302. The largest absolute Gasteiger partial charge is 0.374 e. The third kappa shape index (κ3) is 4.93. The Balaban J connectivity index is 1.75. The van der Waals surface area contributed by atoms with Gasteiger partial charge in [-0.1, -0.05) is 29.8 Å². The molecule has 9 nitrogen and oxygen atoms in total. The molecule has 0 aliphatic carbocycles. The minimum Gasteiger partial charge on any atom is -0.374 e. The van der Waals surface area contributed by atoms with Crippen LogP contribution in [0.4, 0.5) is 0 Å². The van der Waals surface area contributed by atoms with Crippen LogP contribution < -0.4 is 5.32 Å². The molecule has 4 rings (SSSR count). The zero-order valence-corrected chi connectivity index (χ0v) is 18.9. The molecule has 168 valence electrons. The van der Waals surface area contributed by atoms with Crippen molar-refractivity contribution in [2.75, 3.05) is 7.11 Å². The van der Waals surface area contributed by atoms with Gasteiger partial charge in [-0.05, 0) is 60.5 Å². The van der Waals surface area contributed by atoms with Crippen LogP contribution in [0.1, 0.15) is 53.4 Å². The summed E-state index contributed by atoms with van der Waals surface area (Å²) in [6, 6.07) is 13.4. The number of carbonyl (C=O) groups excluding carboxylic acids is 1. The number of carbonyl (C=O) groups is 1. The van der Waals surface area contributed by atoms with Crippen LogP contribution in [0.2, 0.25) is 0 Å². The second kappa shape index (κ2) is 9.66. The number of aromatic nitrogens is 6. The first kappa shape index (κ1) is 22.2. The van der Waals surface area contributed by atoms with Gasteiger partial charge in [0.15, 0.2) is 5.82 Å². The van der Waals surface area contributed by atoms with Crippen molar-refractivity contribution in [1.29, 1.82) is 0 Å². The smallest absolute Gasteiger partial charge is 0.251 e. The number of aryl methyl sites for hydroxylation is 1. The van der Waals surface area contributed by atoms with E-state index in [1.807, 2.05) is 57.2 Å². The van der Waals surface area contributed by atoms with Gasteiger partial charge in [0.05, 0.1) is 23.6 Å². The van der Waals surface area contributed by atoms with Crippen LogP contribution in [0.5, 0.6) is 0 Å². The van der Waals surface area contributed by atoms with E-state index in [1.165, 1.54) is 0 Å². The van der Waals surface area contributed by atoms with Gasteiger partial charge in [-0.15, -0.1) is 5.10 Å². The molecule has 1 amide bonds. The molecule has 0 saturated carbocycles. The highest BCUT2D eigenvalue weighted by molar-refractivity contribution is 5.96. The summed E-state index contributed by atoms with van der Waals surface area (Å²) in [6.45, 7) is 5.76. The number of nitrogens with zero attached hydrogens (tertiary/aromatic N) is 6. The van der Waals surface area contributed by atoms with Gasteiger partial charge in [-0.3, -0.25) is 14.8 Å². The Morgan fingerprint density at radius 3 is 2.55 bits per heavy atom. The minimum absolute atomic E-state index is 0.238. The molecule has 1 N–H and O–H groups in total. The Kier molecular flexibility index (Phi) is 6.50. The number of hydrogen-bond acceptors (Lipinski definition) is 7. The van der Waals surface area contributed by atoms with Crippen molar-refractivity contribution in [2.24, 2.45) is 0 Å². The first-order valence-electron chi connectivity index (χ1n) is 10.6. The van der Waals surface area contributed by atoms with Gasteiger partial charge in [0.25, 0.3) is 5.91 Å². The third-order valence-corrected chi connectivity index (χ3v) is 5.39. The summed E-state index contributed by atoms with van der Waals surface area (Å²) in [7, 11) is 1.60. The fraction of sp³-hybridized carbons (Fsp3) is 0.250.